The van der Waals surface area contributed by atoms with Crippen LogP contribution in [0, 0.1) is 0 Å². The van der Waals surface area contributed by atoms with Gasteiger partial charge in [-0.1, -0.05) is 23.2 Å². The summed E-state index contributed by atoms with van der Waals surface area (Å²) >= 11 is 13.9. The second-order valence-electron chi connectivity index (χ2n) is 4.26. The van der Waals surface area contributed by atoms with Crippen molar-refractivity contribution in [3.05, 3.63) is 58.1 Å². The first-order valence-corrected chi connectivity index (χ1v) is 7.94. The van der Waals surface area contributed by atoms with Gasteiger partial charge < -0.3 is 5.32 Å². The van der Waals surface area contributed by atoms with Gasteiger partial charge in [0, 0.05) is 20.6 Å². The second-order valence-corrected chi connectivity index (χ2v) is 5.98. The number of hydrogen-bond acceptors (Lipinski definition) is 2. The Morgan fingerprint density at radius 2 is 1.74 bits per heavy atom. The van der Waals surface area contributed by atoms with Gasteiger partial charge in [0.15, 0.2) is 0 Å². The Hall–Kier alpha value is -0.830. The highest BCUT2D eigenvalue weighted by molar-refractivity contribution is 7.98. The maximum absolute atomic E-state index is 6.20. The molecule has 0 radical (unpaired) electrons. The van der Waals surface area contributed by atoms with Gasteiger partial charge in [0.25, 0.3) is 0 Å². The summed E-state index contributed by atoms with van der Waals surface area (Å²) in [6.45, 7) is 2.07. The smallest absolute Gasteiger partial charge is 0.0500 e. The summed E-state index contributed by atoms with van der Waals surface area (Å²) in [5, 5.41) is 4.85. The molecule has 0 saturated carbocycles. The SMILES string of the molecule is CSc1ccc(NC(C)c2cc(Cl)ccc2Cl)cc1. The van der Waals surface area contributed by atoms with Crippen LogP contribution < -0.4 is 5.32 Å². The molecule has 0 bridgehead atoms. The first kappa shape index (κ1) is 14.6. The van der Waals surface area contributed by atoms with Crippen LogP contribution in [-0.2, 0) is 0 Å². The van der Waals surface area contributed by atoms with Gasteiger partial charge in [-0.2, -0.15) is 0 Å². The zero-order valence-electron chi connectivity index (χ0n) is 10.8. The van der Waals surface area contributed by atoms with E-state index in [1.807, 2.05) is 12.1 Å². The van der Waals surface area contributed by atoms with Crippen LogP contribution in [0.1, 0.15) is 18.5 Å². The largest absolute Gasteiger partial charge is 0.378 e. The molecule has 0 aromatic heterocycles. The van der Waals surface area contributed by atoms with E-state index < -0.39 is 0 Å². The molecule has 4 heteroatoms. The van der Waals surface area contributed by atoms with Crippen molar-refractivity contribution in [2.45, 2.75) is 17.9 Å². The molecule has 0 spiro atoms. The van der Waals surface area contributed by atoms with Crippen molar-refractivity contribution in [2.24, 2.45) is 0 Å². The summed E-state index contributed by atoms with van der Waals surface area (Å²) in [6, 6.07) is 14.0. The summed E-state index contributed by atoms with van der Waals surface area (Å²) in [4.78, 5) is 1.25. The zero-order valence-corrected chi connectivity index (χ0v) is 13.1. The van der Waals surface area contributed by atoms with E-state index in [1.54, 1.807) is 17.8 Å². The molecule has 0 aliphatic carbocycles. The second kappa shape index (κ2) is 6.56. The van der Waals surface area contributed by atoms with Gasteiger partial charge in [0.2, 0.25) is 0 Å². The standard InChI is InChI=1S/C15H15Cl2NS/c1-10(14-9-11(16)3-8-15(14)17)18-12-4-6-13(19-2)7-5-12/h3-10,18H,1-2H3. The molecule has 1 N–H and O–H groups in total. The third-order valence-electron chi connectivity index (χ3n) is 2.90. The minimum Gasteiger partial charge on any atom is -0.378 e. The average molecular weight is 312 g/mol. The maximum Gasteiger partial charge on any atom is 0.0500 e. The quantitative estimate of drug-likeness (QED) is 0.707. The first-order chi connectivity index (χ1) is 9.10. The maximum atomic E-state index is 6.20. The lowest BCUT2D eigenvalue weighted by molar-refractivity contribution is 0.885. The first-order valence-electron chi connectivity index (χ1n) is 5.95. The number of halogens is 2. The van der Waals surface area contributed by atoms with Gasteiger partial charge in [-0.3, -0.25) is 0 Å². The molecule has 2 aromatic rings. The summed E-state index contributed by atoms with van der Waals surface area (Å²) in [7, 11) is 0. The highest BCUT2D eigenvalue weighted by Crippen LogP contribution is 2.29. The van der Waals surface area contributed by atoms with E-state index in [0.717, 1.165) is 16.3 Å². The van der Waals surface area contributed by atoms with E-state index in [9.17, 15) is 0 Å². The number of nitrogens with one attached hydrogen (secondary N) is 1. The monoisotopic (exact) mass is 311 g/mol. The Bertz CT molecular complexity index is 555. The number of hydrogen-bond donors (Lipinski definition) is 1. The van der Waals surface area contributed by atoms with Crippen LogP contribution in [0.2, 0.25) is 10.0 Å². The molecule has 100 valence electrons. The van der Waals surface area contributed by atoms with Crippen LogP contribution in [0.15, 0.2) is 47.4 Å². The van der Waals surface area contributed by atoms with E-state index in [4.69, 9.17) is 23.2 Å². The average Bonchev–Trinajstić information content (AvgIpc) is 2.42. The van der Waals surface area contributed by atoms with Gasteiger partial charge in [0.1, 0.15) is 0 Å². The number of benzene rings is 2. The van der Waals surface area contributed by atoms with Crippen molar-refractivity contribution in [1.29, 1.82) is 0 Å². The Balaban J connectivity index is 2.15. The van der Waals surface area contributed by atoms with Crippen LogP contribution in [0.3, 0.4) is 0 Å². The van der Waals surface area contributed by atoms with Gasteiger partial charge >= 0.3 is 0 Å². The van der Waals surface area contributed by atoms with E-state index in [-0.39, 0.29) is 6.04 Å². The highest BCUT2D eigenvalue weighted by Gasteiger charge is 2.10. The summed E-state index contributed by atoms with van der Waals surface area (Å²) in [5.74, 6) is 0. The molecular weight excluding hydrogens is 297 g/mol. The zero-order chi connectivity index (χ0) is 13.8. The minimum absolute atomic E-state index is 0.103. The fourth-order valence-electron chi connectivity index (χ4n) is 1.86. The minimum atomic E-state index is 0.103. The van der Waals surface area contributed by atoms with Crippen LogP contribution in [0.4, 0.5) is 5.69 Å². The summed E-state index contributed by atoms with van der Waals surface area (Å²) < 4.78 is 0. The van der Waals surface area contributed by atoms with Gasteiger partial charge in [-0.15, -0.1) is 11.8 Å². The molecule has 0 aliphatic heterocycles. The van der Waals surface area contributed by atoms with Crippen molar-refractivity contribution in [3.8, 4) is 0 Å². The fraction of sp³-hybridized carbons (Fsp3) is 0.200. The van der Waals surface area contributed by atoms with Crippen LogP contribution in [-0.4, -0.2) is 6.26 Å². The Morgan fingerprint density at radius 3 is 2.37 bits per heavy atom. The molecule has 2 rings (SSSR count). The predicted molar refractivity (Wildman–Crippen MR) is 86.7 cm³/mol. The van der Waals surface area contributed by atoms with Crippen LogP contribution >= 0.6 is 35.0 Å². The topological polar surface area (TPSA) is 12.0 Å². The van der Waals surface area contributed by atoms with E-state index in [2.05, 4.69) is 42.8 Å². The number of rotatable bonds is 4. The fourth-order valence-corrected chi connectivity index (χ4v) is 2.73. The Labute approximate surface area is 128 Å². The van der Waals surface area contributed by atoms with Crippen molar-refractivity contribution >= 4 is 40.7 Å². The van der Waals surface area contributed by atoms with Gasteiger partial charge in [-0.25, -0.2) is 0 Å². The van der Waals surface area contributed by atoms with Crippen molar-refractivity contribution < 1.29 is 0 Å². The Morgan fingerprint density at radius 1 is 1.05 bits per heavy atom. The molecule has 19 heavy (non-hydrogen) atoms. The molecule has 0 fully saturated rings. The summed E-state index contributed by atoms with van der Waals surface area (Å²) in [5.41, 5.74) is 2.07. The summed E-state index contributed by atoms with van der Waals surface area (Å²) in [6.07, 6.45) is 2.07. The van der Waals surface area contributed by atoms with Crippen LogP contribution in [0.5, 0.6) is 0 Å². The molecule has 1 unspecified atom stereocenters. The predicted octanol–water partition coefficient (Wildman–Crippen LogP) is 5.89. The lowest BCUT2D eigenvalue weighted by Crippen LogP contribution is -2.07. The third-order valence-corrected chi connectivity index (χ3v) is 4.22. The molecule has 0 amide bonds. The molecule has 1 atom stereocenters. The normalized spacial score (nSPS) is 12.2. The molecule has 0 aliphatic rings. The van der Waals surface area contributed by atoms with Crippen LogP contribution in [0.25, 0.3) is 0 Å². The van der Waals surface area contributed by atoms with Crippen molar-refractivity contribution in [3.63, 3.8) is 0 Å². The lowest BCUT2D eigenvalue weighted by atomic mass is 10.1. The van der Waals surface area contributed by atoms with E-state index in [1.165, 1.54) is 4.90 Å². The van der Waals surface area contributed by atoms with Gasteiger partial charge in [0.05, 0.1) is 6.04 Å². The lowest BCUT2D eigenvalue weighted by Gasteiger charge is -2.17. The number of thioether (sulfide) groups is 1. The molecule has 0 heterocycles. The highest BCUT2D eigenvalue weighted by atomic mass is 35.5. The molecule has 2 aromatic carbocycles. The van der Waals surface area contributed by atoms with E-state index >= 15 is 0 Å². The molecule has 0 saturated heterocycles. The van der Waals surface area contributed by atoms with Crippen molar-refractivity contribution in [2.75, 3.05) is 11.6 Å². The Kier molecular flexibility index (Phi) is 5.03. The molecular formula is C15H15Cl2NS. The van der Waals surface area contributed by atoms with Gasteiger partial charge in [-0.05, 0) is 61.2 Å². The number of anilines is 1. The molecule has 1 nitrogen and oxygen atoms in total. The van der Waals surface area contributed by atoms with E-state index in [0.29, 0.717) is 5.02 Å². The third kappa shape index (κ3) is 3.82. The van der Waals surface area contributed by atoms with Crippen molar-refractivity contribution in [1.82, 2.24) is 0 Å².